The van der Waals surface area contributed by atoms with Crippen molar-refractivity contribution in [2.24, 2.45) is 0 Å². The molecule has 12 aromatic rings. The minimum Gasteiger partial charge on any atom is -0.456 e. The van der Waals surface area contributed by atoms with Gasteiger partial charge in [-0.05, 0) is 69.4 Å². The minimum absolute atomic E-state index is 0.637. The summed E-state index contributed by atoms with van der Waals surface area (Å²) in [6, 6.07) is 63.1. The predicted octanol–water partition coefficient (Wildman–Crippen LogP) is 13.2. The second kappa shape index (κ2) is 12.8. The third kappa shape index (κ3) is 5.20. The normalized spacial score (nSPS) is 11.8. The van der Waals surface area contributed by atoms with Crippen LogP contribution >= 0.6 is 0 Å². The van der Waals surface area contributed by atoms with Crippen LogP contribution in [0.25, 0.3) is 117 Å². The molecule has 0 aliphatic heterocycles. The quantitative estimate of drug-likeness (QED) is 0.164. The molecular weight excluding hydrogens is 711 g/mol. The Labute approximate surface area is 332 Å². The molecule has 0 aliphatic carbocycles. The molecule has 0 bridgehead atoms. The number of nitrogens with zero attached hydrogens (tertiary/aromatic N) is 5. The van der Waals surface area contributed by atoms with E-state index in [1.165, 1.54) is 10.8 Å². The van der Waals surface area contributed by atoms with Crippen molar-refractivity contribution in [2.45, 2.75) is 0 Å². The lowest BCUT2D eigenvalue weighted by molar-refractivity contribution is 0.669. The summed E-state index contributed by atoms with van der Waals surface area (Å²) in [7, 11) is 0. The fourth-order valence-corrected chi connectivity index (χ4v) is 8.40. The first kappa shape index (κ1) is 32.3. The summed E-state index contributed by atoms with van der Waals surface area (Å²) in [5.41, 5.74) is 12.1. The van der Waals surface area contributed by atoms with Crippen LogP contribution in [0.2, 0.25) is 0 Å². The van der Waals surface area contributed by atoms with Gasteiger partial charge < -0.3 is 4.42 Å². The fraction of sp³-hybridized carbons (Fsp3) is 0. The van der Waals surface area contributed by atoms with Crippen molar-refractivity contribution in [3.63, 3.8) is 0 Å². The lowest BCUT2D eigenvalue weighted by Gasteiger charge is -2.11. The highest BCUT2D eigenvalue weighted by Crippen LogP contribution is 2.39. The molecule has 6 nitrogen and oxygen atoms in total. The van der Waals surface area contributed by atoms with Crippen molar-refractivity contribution in [2.75, 3.05) is 0 Å². The SMILES string of the molecule is c1ccc(-c2nc(-c3ccccc3)nc(-c3ccc(-c4ccc5c(c4)c4ccccc4c4nc6cc(-c7ccc8oc9ccccc9c8c7)ccn6c54)cc3)n2)cc1. The molecule has 0 radical (unpaired) electrons. The Bertz CT molecular complexity index is 3500. The maximum Gasteiger partial charge on any atom is 0.164 e. The molecule has 12 rings (SSSR count). The Hall–Kier alpha value is -7.96. The van der Waals surface area contributed by atoms with Crippen LogP contribution in [0, 0.1) is 0 Å². The number of furan rings is 1. The van der Waals surface area contributed by atoms with E-state index in [2.05, 4.69) is 120 Å². The molecule has 0 spiro atoms. The summed E-state index contributed by atoms with van der Waals surface area (Å²) in [5, 5.41) is 6.89. The highest BCUT2D eigenvalue weighted by molar-refractivity contribution is 6.24. The Morgan fingerprint density at radius 1 is 0.328 bits per heavy atom. The van der Waals surface area contributed by atoms with Crippen molar-refractivity contribution < 1.29 is 4.42 Å². The molecule has 0 fully saturated rings. The second-order valence-corrected chi connectivity index (χ2v) is 14.7. The standard InChI is InChI=1S/C52H31N5O/c1-3-11-33(12-4-1)50-54-51(34-13-5-2-6-14-34)56-52(55-50)35-21-19-32(20-22-35)36-23-25-42-43(29-36)39-15-7-8-17-41(39)48-49(42)57-28-27-38(31-47(57)53-48)37-24-26-46-44(30-37)40-16-9-10-18-45(40)58-46/h1-31H. The number of hydrogen-bond donors (Lipinski definition) is 0. The van der Waals surface area contributed by atoms with Gasteiger partial charge in [0.25, 0.3) is 0 Å². The van der Waals surface area contributed by atoms with Gasteiger partial charge in [0.15, 0.2) is 17.5 Å². The molecule has 0 N–H and O–H groups in total. The van der Waals surface area contributed by atoms with E-state index in [0.717, 1.165) is 88.3 Å². The number of hydrogen-bond acceptors (Lipinski definition) is 5. The molecule has 4 heterocycles. The van der Waals surface area contributed by atoms with Crippen LogP contribution in [0.5, 0.6) is 0 Å². The third-order valence-corrected chi connectivity index (χ3v) is 11.3. The molecule has 58 heavy (non-hydrogen) atoms. The van der Waals surface area contributed by atoms with Crippen LogP contribution in [0.15, 0.2) is 193 Å². The van der Waals surface area contributed by atoms with Crippen LogP contribution < -0.4 is 0 Å². The van der Waals surface area contributed by atoms with Crippen molar-refractivity contribution in [3.05, 3.63) is 188 Å². The van der Waals surface area contributed by atoms with Crippen molar-refractivity contribution in [1.82, 2.24) is 24.3 Å². The summed E-state index contributed by atoms with van der Waals surface area (Å²) in [4.78, 5) is 20.0. The molecule has 270 valence electrons. The molecule has 0 aliphatic rings. The van der Waals surface area contributed by atoms with Gasteiger partial charge in [0.05, 0.1) is 11.0 Å². The lowest BCUT2D eigenvalue weighted by atomic mass is 9.95. The molecule has 4 aromatic heterocycles. The molecule has 8 aromatic carbocycles. The van der Waals surface area contributed by atoms with E-state index >= 15 is 0 Å². The van der Waals surface area contributed by atoms with Crippen molar-refractivity contribution in [3.8, 4) is 56.4 Å². The van der Waals surface area contributed by atoms with Gasteiger partial charge in [0.1, 0.15) is 16.8 Å². The number of benzene rings is 8. The Morgan fingerprint density at radius 3 is 1.57 bits per heavy atom. The average Bonchev–Trinajstić information content (AvgIpc) is 3.88. The zero-order valence-electron chi connectivity index (χ0n) is 31.0. The smallest absolute Gasteiger partial charge is 0.164 e. The molecular formula is C52H31N5O. The van der Waals surface area contributed by atoms with E-state index in [0.29, 0.717) is 17.5 Å². The summed E-state index contributed by atoms with van der Waals surface area (Å²) < 4.78 is 8.34. The summed E-state index contributed by atoms with van der Waals surface area (Å²) in [6.07, 6.45) is 2.16. The maximum absolute atomic E-state index is 6.11. The van der Waals surface area contributed by atoms with E-state index in [9.17, 15) is 0 Å². The Kier molecular flexibility index (Phi) is 7.13. The summed E-state index contributed by atoms with van der Waals surface area (Å²) in [6.45, 7) is 0. The number of rotatable bonds is 5. The average molecular weight is 742 g/mol. The third-order valence-electron chi connectivity index (χ3n) is 11.3. The van der Waals surface area contributed by atoms with Gasteiger partial charge in [0.2, 0.25) is 0 Å². The number of imidazole rings is 1. The first-order valence-corrected chi connectivity index (χ1v) is 19.4. The van der Waals surface area contributed by atoms with Gasteiger partial charge in [-0.25, -0.2) is 19.9 Å². The molecule has 0 saturated heterocycles. The topological polar surface area (TPSA) is 69.1 Å². The van der Waals surface area contributed by atoms with Gasteiger partial charge in [-0.15, -0.1) is 0 Å². The number of pyridine rings is 1. The van der Waals surface area contributed by atoms with E-state index in [1.54, 1.807) is 0 Å². The van der Waals surface area contributed by atoms with Gasteiger partial charge in [0, 0.05) is 44.4 Å². The van der Waals surface area contributed by atoms with Gasteiger partial charge in [-0.1, -0.05) is 146 Å². The number of aromatic nitrogens is 5. The van der Waals surface area contributed by atoms with E-state index in [1.807, 2.05) is 72.8 Å². The van der Waals surface area contributed by atoms with Crippen molar-refractivity contribution in [1.29, 1.82) is 0 Å². The number of fused-ring (bicyclic) bond motifs is 11. The number of para-hydroxylation sites is 1. The largest absolute Gasteiger partial charge is 0.456 e. The highest BCUT2D eigenvalue weighted by atomic mass is 16.3. The first-order valence-electron chi connectivity index (χ1n) is 19.4. The van der Waals surface area contributed by atoms with Crippen LogP contribution in [0.1, 0.15) is 0 Å². The maximum atomic E-state index is 6.11. The van der Waals surface area contributed by atoms with Gasteiger partial charge >= 0.3 is 0 Å². The van der Waals surface area contributed by atoms with E-state index in [-0.39, 0.29) is 0 Å². The molecule has 0 amide bonds. The van der Waals surface area contributed by atoms with Crippen LogP contribution in [0.4, 0.5) is 0 Å². The molecule has 6 heteroatoms. The van der Waals surface area contributed by atoms with Crippen molar-refractivity contribution >= 4 is 60.2 Å². The fourth-order valence-electron chi connectivity index (χ4n) is 8.40. The Morgan fingerprint density at radius 2 is 0.845 bits per heavy atom. The Balaban J connectivity index is 0.953. The second-order valence-electron chi connectivity index (χ2n) is 14.7. The summed E-state index contributed by atoms with van der Waals surface area (Å²) in [5.74, 6) is 1.93. The van der Waals surface area contributed by atoms with Gasteiger partial charge in [-0.3, -0.25) is 4.40 Å². The van der Waals surface area contributed by atoms with E-state index < -0.39 is 0 Å². The highest BCUT2D eigenvalue weighted by Gasteiger charge is 2.17. The lowest BCUT2D eigenvalue weighted by Crippen LogP contribution is -2.00. The van der Waals surface area contributed by atoms with Gasteiger partial charge in [-0.2, -0.15) is 0 Å². The van der Waals surface area contributed by atoms with Crippen LogP contribution in [0.3, 0.4) is 0 Å². The molecule has 0 unspecified atom stereocenters. The first-order chi connectivity index (χ1) is 28.7. The zero-order chi connectivity index (χ0) is 38.2. The monoisotopic (exact) mass is 741 g/mol. The molecule has 0 atom stereocenters. The minimum atomic E-state index is 0.637. The van der Waals surface area contributed by atoms with Crippen LogP contribution in [-0.4, -0.2) is 24.3 Å². The predicted molar refractivity (Wildman–Crippen MR) is 236 cm³/mol. The zero-order valence-corrected chi connectivity index (χ0v) is 31.0. The molecule has 0 saturated carbocycles. The summed E-state index contributed by atoms with van der Waals surface area (Å²) >= 11 is 0. The van der Waals surface area contributed by atoms with E-state index in [4.69, 9.17) is 24.4 Å². The van der Waals surface area contributed by atoms with Crippen LogP contribution in [-0.2, 0) is 0 Å².